The molecule has 13 heteroatoms. The molecule has 0 saturated carbocycles. The predicted molar refractivity (Wildman–Crippen MR) is 201 cm³/mol. The lowest BCUT2D eigenvalue weighted by Crippen LogP contribution is -2.63. The summed E-state index contributed by atoms with van der Waals surface area (Å²) < 4.78 is 13.2. The highest BCUT2D eigenvalue weighted by Gasteiger charge is 2.72. The Hall–Kier alpha value is -3.40. The molecule has 10 nitrogen and oxygen atoms in total. The second-order valence-corrected chi connectivity index (χ2v) is 17.6. The molecule has 5 atom stereocenters. The summed E-state index contributed by atoms with van der Waals surface area (Å²) in [5, 5.41) is 42.3. The second-order valence-electron chi connectivity index (χ2n) is 14.5. The van der Waals surface area contributed by atoms with Crippen molar-refractivity contribution in [2.75, 3.05) is 26.7 Å². The van der Waals surface area contributed by atoms with Crippen LogP contribution in [-0.2, 0) is 32.7 Å². The number of quaternary nitrogens is 1. The van der Waals surface area contributed by atoms with Gasteiger partial charge >= 0.3 is 5.97 Å². The highest BCUT2D eigenvalue weighted by Crippen LogP contribution is 2.53. The van der Waals surface area contributed by atoms with Crippen molar-refractivity contribution in [1.82, 2.24) is 10.3 Å². The van der Waals surface area contributed by atoms with Crippen LogP contribution in [0.25, 0.3) is 10.9 Å². The summed E-state index contributed by atoms with van der Waals surface area (Å²) in [5.74, 6) is -0.856. The SMILES string of the molecule is C[N+]1(CCCc2ccc(CCCNC[C@H](O)c3ccc([O-])c4[nH]c(=O)ccc34)s2)C2CC(OC(=O)C(O)(c3cccs3)c3cccs3)CC1C1OC12. The number of piperidine rings is 1. The lowest BCUT2D eigenvalue weighted by atomic mass is 9.94. The molecule has 4 aromatic heterocycles. The molecular formula is C39H43N3O7S3. The molecule has 0 aliphatic carbocycles. The van der Waals surface area contributed by atoms with Crippen LogP contribution in [0.3, 0.4) is 0 Å². The van der Waals surface area contributed by atoms with Gasteiger partial charge in [0.05, 0.1) is 29.5 Å². The summed E-state index contributed by atoms with van der Waals surface area (Å²) in [5.41, 5.74) is -1.28. The maximum atomic E-state index is 13.7. The maximum Gasteiger partial charge on any atom is 0.349 e. The van der Waals surface area contributed by atoms with E-state index in [0.717, 1.165) is 56.1 Å². The van der Waals surface area contributed by atoms with Crippen LogP contribution in [-0.4, -0.2) is 82.7 Å². The number of carbonyl (C=O) groups is 1. The summed E-state index contributed by atoms with van der Waals surface area (Å²) in [4.78, 5) is 31.8. The number of carbonyl (C=O) groups excluding carboxylic acids is 1. The number of rotatable bonds is 15. The van der Waals surface area contributed by atoms with Crippen LogP contribution < -0.4 is 16.0 Å². The number of pyridine rings is 1. The number of aryl methyl sites for hydroxylation is 2. The van der Waals surface area contributed by atoms with Gasteiger partial charge < -0.3 is 39.6 Å². The molecule has 3 aliphatic rings. The Morgan fingerprint density at radius 1 is 1.02 bits per heavy atom. The molecule has 3 fully saturated rings. The maximum absolute atomic E-state index is 13.7. The molecule has 0 radical (unpaired) electrons. The zero-order valence-electron chi connectivity index (χ0n) is 28.9. The zero-order chi connectivity index (χ0) is 36.0. The fraction of sp³-hybridized carbons (Fsp3) is 0.436. The first-order valence-electron chi connectivity index (χ1n) is 18.0. The number of hydrogen-bond donors (Lipinski definition) is 4. The number of benzene rings is 1. The summed E-state index contributed by atoms with van der Waals surface area (Å²) in [6, 6.07) is 18.3. The normalized spacial score (nSPS) is 25.6. The third-order valence-electron chi connectivity index (χ3n) is 11.3. The van der Waals surface area contributed by atoms with Crippen LogP contribution in [0, 0.1) is 0 Å². The van der Waals surface area contributed by atoms with Gasteiger partial charge in [0.25, 0.3) is 0 Å². The fourth-order valence-corrected chi connectivity index (χ4v) is 11.4. The number of ether oxygens (including phenoxy) is 2. The molecule has 1 aromatic carbocycles. The summed E-state index contributed by atoms with van der Waals surface area (Å²) >= 11 is 4.59. The molecule has 0 spiro atoms. The van der Waals surface area contributed by atoms with E-state index >= 15 is 0 Å². The molecule has 8 rings (SSSR count). The molecule has 3 aliphatic heterocycles. The van der Waals surface area contributed by atoms with Crippen LogP contribution in [0.4, 0.5) is 0 Å². The van der Waals surface area contributed by atoms with Gasteiger partial charge in [-0.15, -0.1) is 34.0 Å². The van der Waals surface area contributed by atoms with Crippen LogP contribution in [0.15, 0.2) is 76.2 Å². The third-order valence-corrected chi connectivity index (χ3v) is 14.5. The summed E-state index contributed by atoms with van der Waals surface area (Å²) in [7, 11) is 2.35. The number of aromatic nitrogens is 1. The van der Waals surface area contributed by atoms with Crippen LogP contribution >= 0.6 is 34.0 Å². The molecule has 5 aromatic rings. The van der Waals surface area contributed by atoms with E-state index < -0.39 is 17.7 Å². The number of likely N-dealkylation sites (N-methyl/N-ethyl adjacent to an activating group) is 1. The Morgan fingerprint density at radius 2 is 1.69 bits per heavy atom. The Morgan fingerprint density at radius 3 is 2.35 bits per heavy atom. The zero-order valence-corrected chi connectivity index (χ0v) is 31.3. The predicted octanol–water partition coefficient (Wildman–Crippen LogP) is 4.58. The first-order chi connectivity index (χ1) is 25.1. The van der Waals surface area contributed by atoms with E-state index in [9.17, 15) is 24.9 Å². The molecule has 3 saturated heterocycles. The van der Waals surface area contributed by atoms with E-state index in [0.29, 0.717) is 27.2 Å². The molecule has 0 amide bonds. The topological polar surface area (TPSA) is 147 Å². The quantitative estimate of drug-likeness (QED) is 0.0525. The number of aromatic amines is 1. The molecule has 4 unspecified atom stereocenters. The van der Waals surface area contributed by atoms with Crippen molar-refractivity contribution in [1.29, 1.82) is 0 Å². The van der Waals surface area contributed by atoms with Crippen molar-refractivity contribution in [3.05, 3.63) is 107 Å². The lowest BCUT2D eigenvalue weighted by molar-refractivity contribution is -0.956. The molecule has 2 bridgehead atoms. The van der Waals surface area contributed by atoms with Crippen LogP contribution in [0.1, 0.15) is 56.9 Å². The Bertz CT molecular complexity index is 2030. The summed E-state index contributed by atoms with van der Waals surface area (Å²) in [6.07, 6.45) is 4.86. The molecule has 4 N–H and O–H groups in total. The number of thiophene rings is 3. The highest BCUT2D eigenvalue weighted by molar-refractivity contribution is 7.12. The standard InChI is InChI=1S/C39H43N3O7S3/c1-42(28-20-23(21-29(42)37-36(28)49-37)48-38(46)39(47,32-8-4-18-50-32)33-9-5-19-51-33)17-3-7-25-11-10-24(52-25)6-2-16-40-22-31(44)26-12-14-30(43)35-27(26)13-15-34(45)41-35/h4-5,8-15,18-19,23,28-29,31,36-37,40,44,47H,2-3,6-7,16-17,20-22H2,1H3,(H-,41,43,45)/t23?,28?,29?,31-,36?,37?,42?/m0/s1. The number of esters is 1. The van der Waals surface area contributed by atoms with Gasteiger partial charge in [0, 0.05) is 52.5 Å². The van der Waals surface area contributed by atoms with E-state index in [1.807, 2.05) is 34.2 Å². The second kappa shape index (κ2) is 14.4. The van der Waals surface area contributed by atoms with Gasteiger partial charge in [-0.2, -0.15) is 0 Å². The van der Waals surface area contributed by atoms with Gasteiger partial charge in [0.1, 0.15) is 30.4 Å². The van der Waals surface area contributed by atoms with Gasteiger partial charge in [-0.05, 0) is 72.5 Å². The number of nitrogens with zero attached hydrogens (tertiary/aromatic N) is 1. The molecule has 7 heterocycles. The van der Waals surface area contributed by atoms with Gasteiger partial charge in [-0.25, -0.2) is 4.79 Å². The first kappa shape index (κ1) is 35.6. The highest BCUT2D eigenvalue weighted by atomic mass is 32.1. The van der Waals surface area contributed by atoms with E-state index in [1.54, 1.807) is 24.3 Å². The number of nitrogens with one attached hydrogen (secondary N) is 2. The van der Waals surface area contributed by atoms with Crippen LogP contribution in [0.2, 0.25) is 0 Å². The van der Waals surface area contributed by atoms with E-state index in [1.165, 1.54) is 44.6 Å². The number of fused-ring (bicyclic) bond motifs is 6. The number of aliphatic hydroxyl groups is 2. The molecular weight excluding hydrogens is 719 g/mol. The largest absolute Gasteiger partial charge is 0.871 e. The van der Waals surface area contributed by atoms with E-state index in [-0.39, 0.29) is 47.2 Å². The Kier molecular flexibility index (Phi) is 9.89. The average molecular weight is 762 g/mol. The minimum Gasteiger partial charge on any atom is -0.871 e. The number of H-pyrrole nitrogens is 1. The Labute approximate surface area is 313 Å². The van der Waals surface area contributed by atoms with Crippen molar-refractivity contribution >= 4 is 50.9 Å². The Balaban J connectivity index is 0.796. The lowest BCUT2D eigenvalue weighted by Gasteiger charge is -2.48. The molecule has 274 valence electrons. The van der Waals surface area contributed by atoms with E-state index in [4.69, 9.17) is 9.47 Å². The number of morpholine rings is 1. The van der Waals surface area contributed by atoms with Crippen molar-refractivity contribution in [2.24, 2.45) is 0 Å². The number of epoxide rings is 1. The van der Waals surface area contributed by atoms with Crippen molar-refractivity contribution in [2.45, 2.75) is 80.6 Å². The monoisotopic (exact) mass is 761 g/mol. The van der Waals surface area contributed by atoms with E-state index in [2.05, 4.69) is 29.5 Å². The minimum absolute atomic E-state index is 0.221. The van der Waals surface area contributed by atoms with Gasteiger partial charge in [-0.1, -0.05) is 30.0 Å². The van der Waals surface area contributed by atoms with Gasteiger partial charge in [-0.3, -0.25) is 4.79 Å². The van der Waals surface area contributed by atoms with Crippen molar-refractivity contribution in [3.8, 4) is 5.75 Å². The minimum atomic E-state index is -1.79. The first-order valence-corrected chi connectivity index (χ1v) is 20.5. The smallest absolute Gasteiger partial charge is 0.349 e. The van der Waals surface area contributed by atoms with Crippen molar-refractivity contribution < 1.29 is 34.1 Å². The fourth-order valence-electron chi connectivity index (χ4n) is 8.57. The third kappa shape index (κ3) is 6.66. The van der Waals surface area contributed by atoms with Gasteiger partial charge in [0.2, 0.25) is 11.2 Å². The number of aliphatic hydroxyl groups excluding tert-OH is 1. The average Bonchev–Trinajstić information content (AvgIpc) is 3.58. The van der Waals surface area contributed by atoms with Gasteiger partial charge in [0.15, 0.2) is 0 Å². The molecule has 52 heavy (non-hydrogen) atoms. The summed E-state index contributed by atoms with van der Waals surface area (Å²) in [6.45, 7) is 2.14. The van der Waals surface area contributed by atoms with Crippen molar-refractivity contribution in [3.63, 3.8) is 0 Å². The van der Waals surface area contributed by atoms with Crippen LogP contribution in [0.5, 0.6) is 5.75 Å². The number of hydrogen-bond acceptors (Lipinski definition) is 11.